The molecule has 2 rings (SSSR count). The first kappa shape index (κ1) is 6.62. The Hall–Kier alpha value is -1.08. The summed E-state index contributed by atoms with van der Waals surface area (Å²) in [6, 6.07) is 2.24. The van der Waals surface area contributed by atoms with Crippen molar-refractivity contribution in [2.45, 2.75) is 12.3 Å². The van der Waals surface area contributed by atoms with Gasteiger partial charge in [-0.1, -0.05) is 0 Å². The highest BCUT2D eigenvalue weighted by Gasteiger charge is 2.23. The molecule has 0 amide bonds. The smallest absolute Gasteiger partial charge is 0.229 e. The number of thiazole rings is 1. The molecule has 0 fully saturated rings. The minimum atomic E-state index is 0.00579. The lowest BCUT2D eigenvalue weighted by Crippen LogP contribution is -2.11. The molecule has 0 aromatic carbocycles. The fraction of sp³-hybridized carbons (Fsp3) is 0.429. The summed E-state index contributed by atoms with van der Waals surface area (Å²) in [4.78, 5) is 4.99. The van der Waals surface area contributed by atoms with E-state index in [1.807, 2.05) is 0 Å². The minimum Gasteiger partial charge on any atom is -0.477 e. The Labute approximate surface area is 68.3 Å². The fourth-order valence-corrected chi connectivity index (χ4v) is 1.92. The van der Waals surface area contributed by atoms with Crippen molar-refractivity contribution in [3.05, 3.63) is 10.4 Å². The molecule has 0 saturated heterocycles. The molecule has 1 atom stereocenters. The molecule has 0 radical (unpaired) electrons. The zero-order valence-electron chi connectivity index (χ0n) is 5.78. The Balaban J connectivity index is 2.41. The molecular formula is C7H6N2OS. The van der Waals surface area contributed by atoms with Crippen LogP contribution in [0.2, 0.25) is 0 Å². The summed E-state index contributed by atoms with van der Waals surface area (Å²) in [5.41, 5.74) is 1.72. The summed E-state index contributed by atoms with van der Waals surface area (Å²) in [5.74, 6) is 0.666. The second kappa shape index (κ2) is 2.51. The lowest BCUT2D eigenvalue weighted by atomic mass is 10.1. The van der Waals surface area contributed by atoms with Gasteiger partial charge < -0.3 is 4.74 Å². The topological polar surface area (TPSA) is 45.9 Å². The van der Waals surface area contributed by atoms with Crippen molar-refractivity contribution >= 4 is 11.3 Å². The van der Waals surface area contributed by atoms with E-state index >= 15 is 0 Å². The summed E-state index contributed by atoms with van der Waals surface area (Å²) in [7, 11) is 0. The summed E-state index contributed by atoms with van der Waals surface area (Å²) in [6.07, 6.45) is 0.797. The van der Waals surface area contributed by atoms with E-state index in [0.717, 1.165) is 11.3 Å². The van der Waals surface area contributed by atoms with Gasteiger partial charge in [0.15, 0.2) is 0 Å². The zero-order valence-corrected chi connectivity index (χ0v) is 6.60. The van der Waals surface area contributed by atoms with Gasteiger partial charge in [0.2, 0.25) is 5.88 Å². The van der Waals surface area contributed by atoms with Crippen LogP contribution in [0.3, 0.4) is 0 Å². The molecule has 1 aromatic rings. The fourth-order valence-electron chi connectivity index (χ4n) is 1.11. The molecule has 1 aliphatic rings. The highest BCUT2D eigenvalue weighted by molar-refractivity contribution is 7.10. The number of ether oxygens (including phenoxy) is 1. The van der Waals surface area contributed by atoms with Crippen LogP contribution in [-0.4, -0.2) is 11.6 Å². The van der Waals surface area contributed by atoms with Crippen LogP contribution in [0.15, 0.2) is 5.51 Å². The number of nitriles is 1. The Bertz CT molecular complexity index is 302. The van der Waals surface area contributed by atoms with Crippen LogP contribution in [-0.2, 0) is 0 Å². The maximum atomic E-state index is 8.73. The highest BCUT2D eigenvalue weighted by atomic mass is 32.1. The predicted octanol–water partition coefficient (Wildman–Crippen LogP) is 1.53. The Morgan fingerprint density at radius 1 is 1.82 bits per heavy atom. The molecule has 1 aromatic heterocycles. The van der Waals surface area contributed by atoms with Crippen molar-refractivity contribution in [2.75, 3.05) is 6.61 Å². The number of hydrogen-bond donors (Lipinski definition) is 0. The van der Waals surface area contributed by atoms with Crippen molar-refractivity contribution in [1.29, 1.82) is 5.26 Å². The number of fused-ring (bicyclic) bond motifs is 1. The third-order valence-electron chi connectivity index (χ3n) is 1.68. The lowest BCUT2D eigenvalue weighted by molar-refractivity contribution is 0.273. The zero-order chi connectivity index (χ0) is 7.68. The van der Waals surface area contributed by atoms with E-state index in [1.54, 1.807) is 5.51 Å². The molecule has 1 aliphatic heterocycles. The van der Waals surface area contributed by atoms with Crippen molar-refractivity contribution < 1.29 is 4.74 Å². The number of aromatic nitrogens is 1. The van der Waals surface area contributed by atoms with Crippen molar-refractivity contribution in [2.24, 2.45) is 0 Å². The Kier molecular flexibility index (Phi) is 1.51. The molecule has 4 heteroatoms. The van der Waals surface area contributed by atoms with Gasteiger partial charge in [0, 0.05) is 6.42 Å². The van der Waals surface area contributed by atoms with E-state index in [2.05, 4.69) is 11.1 Å². The van der Waals surface area contributed by atoms with Crippen LogP contribution in [0.25, 0.3) is 0 Å². The largest absolute Gasteiger partial charge is 0.477 e. The van der Waals surface area contributed by atoms with Crippen molar-refractivity contribution in [1.82, 2.24) is 4.98 Å². The van der Waals surface area contributed by atoms with E-state index in [0.29, 0.717) is 12.5 Å². The molecule has 56 valence electrons. The van der Waals surface area contributed by atoms with Crippen LogP contribution in [0.5, 0.6) is 5.88 Å². The first-order chi connectivity index (χ1) is 5.42. The number of rotatable bonds is 0. The van der Waals surface area contributed by atoms with Gasteiger partial charge in [-0.2, -0.15) is 5.26 Å². The summed E-state index contributed by atoms with van der Waals surface area (Å²) in [6.45, 7) is 0.620. The summed E-state index contributed by atoms with van der Waals surface area (Å²) >= 11 is 1.50. The quantitative estimate of drug-likeness (QED) is 0.587. The average Bonchev–Trinajstić information content (AvgIpc) is 2.50. The molecule has 0 N–H and O–H groups in total. The van der Waals surface area contributed by atoms with Gasteiger partial charge in [0.1, 0.15) is 0 Å². The summed E-state index contributed by atoms with van der Waals surface area (Å²) in [5, 5.41) is 8.73. The van der Waals surface area contributed by atoms with Gasteiger partial charge in [0.05, 0.1) is 29.0 Å². The number of nitrogens with zero attached hydrogens (tertiary/aromatic N) is 2. The SMILES string of the molecule is N#CC1CCOc2ncsc21. The molecule has 0 saturated carbocycles. The standard InChI is InChI=1S/C7H6N2OS/c8-3-5-1-2-10-7-6(5)11-4-9-7/h4-5H,1-2H2. The molecule has 3 nitrogen and oxygen atoms in total. The van der Waals surface area contributed by atoms with Crippen LogP contribution in [0, 0.1) is 11.3 Å². The lowest BCUT2D eigenvalue weighted by Gasteiger charge is -2.15. The molecule has 0 bridgehead atoms. The van der Waals surface area contributed by atoms with E-state index in [-0.39, 0.29) is 5.92 Å². The van der Waals surface area contributed by atoms with Crippen molar-refractivity contribution in [3.63, 3.8) is 0 Å². The molecule has 0 aliphatic carbocycles. The van der Waals surface area contributed by atoms with Crippen molar-refractivity contribution in [3.8, 4) is 11.9 Å². The third-order valence-corrected chi connectivity index (χ3v) is 2.60. The van der Waals surface area contributed by atoms with E-state index in [1.165, 1.54) is 11.3 Å². The molecule has 0 spiro atoms. The van der Waals surface area contributed by atoms with E-state index in [9.17, 15) is 0 Å². The monoisotopic (exact) mass is 166 g/mol. The second-order valence-corrected chi connectivity index (χ2v) is 3.23. The average molecular weight is 166 g/mol. The molecule has 1 unspecified atom stereocenters. The summed E-state index contributed by atoms with van der Waals surface area (Å²) < 4.78 is 5.24. The first-order valence-electron chi connectivity index (χ1n) is 3.37. The normalized spacial score (nSPS) is 21.5. The van der Waals surface area contributed by atoms with Gasteiger partial charge in [-0.25, -0.2) is 4.98 Å². The van der Waals surface area contributed by atoms with Gasteiger partial charge in [-0.3, -0.25) is 0 Å². The van der Waals surface area contributed by atoms with Gasteiger partial charge >= 0.3 is 0 Å². The first-order valence-corrected chi connectivity index (χ1v) is 4.25. The maximum absolute atomic E-state index is 8.73. The van der Waals surface area contributed by atoms with E-state index in [4.69, 9.17) is 10.00 Å². The minimum absolute atomic E-state index is 0.00579. The van der Waals surface area contributed by atoms with Gasteiger partial charge in [0.25, 0.3) is 0 Å². The van der Waals surface area contributed by atoms with Crippen LogP contribution in [0.4, 0.5) is 0 Å². The highest BCUT2D eigenvalue weighted by Crippen LogP contribution is 2.34. The maximum Gasteiger partial charge on any atom is 0.229 e. The van der Waals surface area contributed by atoms with Gasteiger partial charge in [-0.15, -0.1) is 11.3 Å². The molecule has 11 heavy (non-hydrogen) atoms. The second-order valence-electron chi connectivity index (χ2n) is 2.34. The third kappa shape index (κ3) is 0.976. The van der Waals surface area contributed by atoms with Crippen LogP contribution >= 0.6 is 11.3 Å². The van der Waals surface area contributed by atoms with Crippen LogP contribution < -0.4 is 4.74 Å². The Morgan fingerprint density at radius 2 is 2.73 bits per heavy atom. The van der Waals surface area contributed by atoms with Crippen LogP contribution in [0.1, 0.15) is 17.2 Å². The van der Waals surface area contributed by atoms with Gasteiger partial charge in [-0.05, 0) is 0 Å². The Morgan fingerprint density at radius 3 is 3.55 bits per heavy atom. The van der Waals surface area contributed by atoms with E-state index < -0.39 is 0 Å². The number of hydrogen-bond acceptors (Lipinski definition) is 4. The molecule has 2 heterocycles. The molecular weight excluding hydrogens is 160 g/mol. The predicted molar refractivity (Wildman–Crippen MR) is 40.6 cm³/mol.